The summed E-state index contributed by atoms with van der Waals surface area (Å²) >= 11 is 6.15. The minimum atomic E-state index is -4.78. The second kappa shape index (κ2) is 13.2. The molecule has 7 nitrogen and oxygen atoms in total. The number of alkyl halides is 3. The van der Waals surface area contributed by atoms with Gasteiger partial charge >= 0.3 is 18.2 Å². The van der Waals surface area contributed by atoms with Gasteiger partial charge in [0.2, 0.25) is 5.91 Å². The van der Waals surface area contributed by atoms with Crippen LogP contribution in [0, 0.1) is 11.8 Å². The minimum Gasteiger partial charge on any atom is -0.466 e. The van der Waals surface area contributed by atoms with Crippen LogP contribution in [0.1, 0.15) is 31.9 Å². The molecule has 0 heterocycles. The van der Waals surface area contributed by atoms with Gasteiger partial charge in [0.15, 0.2) is 0 Å². The van der Waals surface area contributed by atoms with Crippen molar-refractivity contribution in [1.82, 2.24) is 5.32 Å². The lowest BCUT2D eigenvalue weighted by Crippen LogP contribution is -2.51. The Morgan fingerprint density at radius 1 is 1.00 bits per heavy atom. The van der Waals surface area contributed by atoms with E-state index < -0.39 is 42.0 Å². The first kappa shape index (κ1) is 29.0. The van der Waals surface area contributed by atoms with Gasteiger partial charge in [-0.3, -0.25) is 9.59 Å². The van der Waals surface area contributed by atoms with Crippen LogP contribution in [0.15, 0.2) is 48.5 Å². The summed E-state index contributed by atoms with van der Waals surface area (Å²) in [4.78, 5) is 37.0. The monoisotopic (exact) mass is 528 g/mol. The van der Waals surface area contributed by atoms with Crippen LogP contribution >= 0.6 is 11.6 Å². The molecule has 2 rings (SSSR count). The predicted molar refractivity (Wildman–Crippen MR) is 128 cm³/mol. The molecule has 0 aromatic heterocycles. The lowest BCUT2D eigenvalue weighted by Gasteiger charge is -2.26. The van der Waals surface area contributed by atoms with E-state index in [1.165, 1.54) is 12.1 Å². The Bertz CT molecular complexity index is 1050. The maximum absolute atomic E-state index is 13.5. The van der Waals surface area contributed by atoms with Crippen LogP contribution in [-0.2, 0) is 32.1 Å². The molecule has 11 heteroatoms. The average Bonchev–Trinajstić information content (AvgIpc) is 2.83. The fourth-order valence-electron chi connectivity index (χ4n) is 3.23. The number of ether oxygens (including phenoxy) is 2. The van der Waals surface area contributed by atoms with Gasteiger partial charge in [0.1, 0.15) is 12.6 Å². The Hall–Kier alpha value is -3.27. The van der Waals surface area contributed by atoms with E-state index in [9.17, 15) is 27.6 Å². The number of amides is 2. The first-order chi connectivity index (χ1) is 16.9. The maximum Gasteiger partial charge on any atom is 0.408 e. The molecule has 2 aromatic rings. The van der Waals surface area contributed by atoms with Crippen LogP contribution in [0.4, 0.5) is 23.7 Å². The zero-order valence-corrected chi connectivity index (χ0v) is 20.8. The molecule has 2 amide bonds. The molecule has 36 heavy (non-hydrogen) atoms. The third-order valence-corrected chi connectivity index (χ3v) is 5.63. The molecule has 3 atom stereocenters. The molecule has 2 aromatic carbocycles. The molecular formula is C25H28ClF3N2O5. The first-order valence-corrected chi connectivity index (χ1v) is 11.6. The van der Waals surface area contributed by atoms with E-state index in [1.807, 2.05) is 5.32 Å². The van der Waals surface area contributed by atoms with Crippen LogP contribution in [0.2, 0.25) is 5.02 Å². The molecule has 0 saturated carbocycles. The number of rotatable bonds is 10. The molecule has 0 radical (unpaired) electrons. The number of hydrogen-bond donors (Lipinski definition) is 2. The van der Waals surface area contributed by atoms with Crippen LogP contribution in [0.3, 0.4) is 0 Å². The van der Waals surface area contributed by atoms with Gasteiger partial charge in [-0.15, -0.1) is 0 Å². The summed E-state index contributed by atoms with van der Waals surface area (Å²) in [5.41, 5.74) is 1.26. The number of carbonyl (C=O) groups is 3. The number of hydrogen-bond acceptors (Lipinski definition) is 5. The predicted octanol–water partition coefficient (Wildman–Crippen LogP) is 5.51. The summed E-state index contributed by atoms with van der Waals surface area (Å²) in [5, 5.41) is 4.43. The fraction of sp³-hybridized carbons (Fsp3) is 0.400. The van der Waals surface area contributed by atoms with E-state index in [1.54, 1.807) is 50.2 Å². The van der Waals surface area contributed by atoms with Gasteiger partial charge in [-0.1, -0.05) is 61.8 Å². The summed E-state index contributed by atoms with van der Waals surface area (Å²) in [6.45, 7) is 4.17. The van der Waals surface area contributed by atoms with E-state index in [4.69, 9.17) is 21.1 Å². The van der Waals surface area contributed by atoms with E-state index in [0.29, 0.717) is 11.1 Å². The molecule has 196 valence electrons. The molecule has 0 aliphatic carbocycles. The molecule has 0 saturated heterocycles. The quantitative estimate of drug-likeness (QED) is 0.396. The molecule has 2 N–H and O–H groups in total. The molecule has 0 aliphatic heterocycles. The van der Waals surface area contributed by atoms with Crippen molar-refractivity contribution in [3.8, 4) is 0 Å². The van der Waals surface area contributed by atoms with Crippen molar-refractivity contribution in [3.63, 3.8) is 0 Å². The lowest BCUT2D eigenvalue weighted by molar-refractivity contribution is -0.178. The van der Waals surface area contributed by atoms with Gasteiger partial charge < -0.3 is 20.1 Å². The van der Waals surface area contributed by atoms with Crippen LogP contribution in [0.5, 0.6) is 0 Å². The molecule has 0 spiro atoms. The van der Waals surface area contributed by atoms with Gasteiger partial charge in [-0.25, -0.2) is 4.79 Å². The van der Waals surface area contributed by atoms with Gasteiger partial charge in [0.25, 0.3) is 0 Å². The number of halogens is 4. The van der Waals surface area contributed by atoms with Crippen molar-refractivity contribution < 1.29 is 37.0 Å². The SMILES string of the molecule is CCOC(=O)C(C)Cc1ccc(Cl)c(NC(=O)C(NC(=O)OCc2ccccc2)C(C)C(F)(F)F)c1. The highest BCUT2D eigenvalue weighted by Crippen LogP contribution is 2.30. The van der Waals surface area contributed by atoms with Crippen molar-refractivity contribution in [3.05, 3.63) is 64.7 Å². The Labute approximate surface area is 212 Å². The summed E-state index contributed by atoms with van der Waals surface area (Å²) in [7, 11) is 0. The van der Waals surface area contributed by atoms with Crippen LogP contribution in [0.25, 0.3) is 0 Å². The highest BCUT2D eigenvalue weighted by atomic mass is 35.5. The summed E-state index contributed by atoms with van der Waals surface area (Å²) in [5.74, 6) is -4.26. The number of anilines is 1. The first-order valence-electron chi connectivity index (χ1n) is 11.2. The van der Waals surface area contributed by atoms with Crippen LogP contribution < -0.4 is 10.6 Å². The Morgan fingerprint density at radius 3 is 2.28 bits per heavy atom. The maximum atomic E-state index is 13.5. The van der Waals surface area contributed by atoms with E-state index >= 15 is 0 Å². The Kier molecular flexibility index (Phi) is 10.6. The minimum absolute atomic E-state index is 0.0362. The zero-order chi connectivity index (χ0) is 26.9. The molecule has 0 bridgehead atoms. The highest BCUT2D eigenvalue weighted by Gasteiger charge is 2.45. The fourth-order valence-corrected chi connectivity index (χ4v) is 3.39. The summed E-state index contributed by atoms with van der Waals surface area (Å²) in [6, 6.07) is 11.1. The number of carbonyl (C=O) groups excluding carboxylic acids is 3. The van der Waals surface area contributed by atoms with E-state index in [2.05, 4.69) is 5.32 Å². The topological polar surface area (TPSA) is 93.7 Å². The number of nitrogens with one attached hydrogen (secondary N) is 2. The van der Waals surface area contributed by atoms with Crippen LogP contribution in [-0.4, -0.2) is 36.8 Å². The molecule has 0 fully saturated rings. The van der Waals surface area contributed by atoms with Crippen molar-refractivity contribution in [2.75, 3.05) is 11.9 Å². The van der Waals surface area contributed by atoms with E-state index in [0.717, 1.165) is 6.92 Å². The molecular weight excluding hydrogens is 501 g/mol. The highest BCUT2D eigenvalue weighted by molar-refractivity contribution is 6.33. The Balaban J connectivity index is 2.16. The zero-order valence-electron chi connectivity index (χ0n) is 20.0. The average molecular weight is 529 g/mol. The van der Waals surface area contributed by atoms with Crippen molar-refractivity contribution in [1.29, 1.82) is 0 Å². The second-order valence-corrected chi connectivity index (χ2v) is 8.58. The van der Waals surface area contributed by atoms with Crippen molar-refractivity contribution in [2.45, 2.75) is 46.0 Å². The number of esters is 1. The largest absolute Gasteiger partial charge is 0.466 e. The standard InChI is InChI=1S/C25H28ClF3N2O5/c1-4-35-23(33)15(2)12-18-10-11-19(26)20(13-18)30-22(32)21(16(3)25(27,28)29)31-24(34)36-14-17-8-6-5-7-9-17/h5-11,13,15-16,21H,4,12,14H2,1-3H3,(H,30,32)(H,31,34). The Morgan fingerprint density at radius 2 is 1.67 bits per heavy atom. The third-order valence-electron chi connectivity index (χ3n) is 5.30. The number of benzene rings is 2. The van der Waals surface area contributed by atoms with Crippen molar-refractivity contribution >= 4 is 35.3 Å². The lowest BCUT2D eigenvalue weighted by atomic mass is 9.99. The normalized spacial score (nSPS) is 13.8. The third kappa shape index (κ3) is 8.75. The van der Waals surface area contributed by atoms with Gasteiger partial charge in [-0.2, -0.15) is 13.2 Å². The van der Waals surface area contributed by atoms with Crippen molar-refractivity contribution in [2.24, 2.45) is 11.8 Å². The molecule has 0 aliphatic rings. The smallest absolute Gasteiger partial charge is 0.408 e. The summed E-state index contributed by atoms with van der Waals surface area (Å²) in [6.07, 6.45) is -5.71. The summed E-state index contributed by atoms with van der Waals surface area (Å²) < 4.78 is 50.4. The van der Waals surface area contributed by atoms with E-state index in [-0.39, 0.29) is 30.3 Å². The second-order valence-electron chi connectivity index (χ2n) is 8.17. The molecule has 3 unspecified atom stereocenters. The van der Waals surface area contributed by atoms with Gasteiger partial charge in [0, 0.05) is 0 Å². The van der Waals surface area contributed by atoms with Gasteiger partial charge in [0.05, 0.1) is 29.2 Å². The number of alkyl carbamates (subject to hydrolysis) is 1. The van der Waals surface area contributed by atoms with Gasteiger partial charge in [-0.05, 0) is 36.6 Å².